The Bertz CT molecular complexity index is 1010. The van der Waals surface area contributed by atoms with Gasteiger partial charge < -0.3 is 15.4 Å². The van der Waals surface area contributed by atoms with E-state index >= 15 is 0 Å². The number of nitrogens with zero attached hydrogens (tertiary/aromatic N) is 1. The third kappa shape index (κ3) is 5.38. The van der Waals surface area contributed by atoms with Crippen LogP contribution in [0.5, 0.6) is 0 Å². The highest BCUT2D eigenvalue weighted by molar-refractivity contribution is 5.93. The molecule has 3 aromatic rings. The van der Waals surface area contributed by atoms with E-state index in [0.29, 0.717) is 29.8 Å². The lowest BCUT2D eigenvalue weighted by Gasteiger charge is -2.09. The quantitative estimate of drug-likeness (QED) is 0.598. The lowest BCUT2D eigenvalue weighted by atomic mass is 10.1. The van der Waals surface area contributed by atoms with E-state index in [-0.39, 0.29) is 17.4 Å². The smallest absolute Gasteiger partial charge is 0.337 e. The molecule has 1 heterocycles. The number of aromatic nitrogens is 1. The van der Waals surface area contributed by atoms with Gasteiger partial charge in [-0.05, 0) is 54.4 Å². The number of pyridine rings is 1. The predicted molar refractivity (Wildman–Crippen MR) is 108 cm³/mol. The topological polar surface area (TPSA) is 80.3 Å². The number of halogens is 1. The highest BCUT2D eigenvalue weighted by Gasteiger charge is 2.09. The van der Waals surface area contributed by atoms with Gasteiger partial charge in [-0.3, -0.25) is 9.78 Å². The number of nitrogens with one attached hydrogen (secondary N) is 2. The molecule has 0 aliphatic rings. The summed E-state index contributed by atoms with van der Waals surface area (Å²) < 4.78 is 18.3. The summed E-state index contributed by atoms with van der Waals surface area (Å²) >= 11 is 0. The second kappa shape index (κ2) is 9.45. The summed E-state index contributed by atoms with van der Waals surface area (Å²) in [4.78, 5) is 27.9. The molecule has 6 nitrogen and oxygen atoms in total. The van der Waals surface area contributed by atoms with Crippen LogP contribution in [0.4, 0.5) is 15.8 Å². The van der Waals surface area contributed by atoms with Crippen LogP contribution in [0.15, 0.2) is 66.9 Å². The number of rotatable bonds is 7. The van der Waals surface area contributed by atoms with Crippen molar-refractivity contribution >= 4 is 23.3 Å². The first-order valence-electron chi connectivity index (χ1n) is 9.00. The number of hydrogen-bond donors (Lipinski definition) is 2. The van der Waals surface area contributed by atoms with Crippen LogP contribution in [-0.2, 0) is 11.2 Å². The zero-order valence-corrected chi connectivity index (χ0v) is 15.8. The number of hydrogen-bond acceptors (Lipinski definition) is 5. The van der Waals surface area contributed by atoms with Crippen LogP contribution < -0.4 is 10.6 Å². The molecule has 1 amide bonds. The van der Waals surface area contributed by atoms with Crippen molar-refractivity contribution in [2.45, 2.75) is 6.42 Å². The van der Waals surface area contributed by atoms with Crippen LogP contribution in [0.25, 0.3) is 0 Å². The molecule has 2 aromatic carbocycles. The maximum absolute atomic E-state index is 13.6. The number of benzene rings is 2. The maximum atomic E-state index is 13.6. The summed E-state index contributed by atoms with van der Waals surface area (Å²) in [6, 6.07) is 16.6. The molecule has 0 saturated heterocycles. The number of methoxy groups -OCH3 is 1. The Morgan fingerprint density at radius 1 is 1.03 bits per heavy atom. The van der Waals surface area contributed by atoms with Crippen LogP contribution in [0.1, 0.15) is 26.4 Å². The van der Waals surface area contributed by atoms with Gasteiger partial charge in [-0.1, -0.05) is 18.2 Å². The van der Waals surface area contributed by atoms with Crippen molar-refractivity contribution in [3.05, 3.63) is 89.5 Å². The molecular weight excluding hydrogens is 373 g/mol. The molecule has 0 spiro atoms. The highest BCUT2D eigenvalue weighted by Crippen LogP contribution is 2.18. The van der Waals surface area contributed by atoms with Crippen molar-refractivity contribution in [3.8, 4) is 0 Å². The highest BCUT2D eigenvalue weighted by atomic mass is 19.1. The maximum Gasteiger partial charge on any atom is 0.337 e. The zero-order chi connectivity index (χ0) is 20.6. The Balaban J connectivity index is 1.59. The van der Waals surface area contributed by atoms with Crippen molar-refractivity contribution in [3.63, 3.8) is 0 Å². The standard InChI is InChI=1S/C22H20FN3O3/c1-29-22(28)16-6-8-17(9-7-16)26-18-11-13-24-20(14-18)21(27)25-12-10-15-4-2-3-5-19(15)23/h2-9,11,13-14H,10,12H2,1H3,(H,24,26)(H,25,27). The van der Waals surface area contributed by atoms with Gasteiger partial charge in [0.2, 0.25) is 0 Å². The normalized spacial score (nSPS) is 10.3. The van der Waals surface area contributed by atoms with E-state index in [1.54, 1.807) is 54.6 Å². The summed E-state index contributed by atoms with van der Waals surface area (Å²) in [5.41, 5.74) is 2.66. The molecule has 29 heavy (non-hydrogen) atoms. The van der Waals surface area contributed by atoms with E-state index in [2.05, 4.69) is 20.4 Å². The first-order chi connectivity index (χ1) is 14.1. The summed E-state index contributed by atoms with van der Waals surface area (Å²) in [6.45, 7) is 0.300. The first kappa shape index (κ1) is 20.0. The molecule has 0 radical (unpaired) electrons. The van der Waals surface area contributed by atoms with E-state index in [4.69, 9.17) is 0 Å². The number of carbonyl (C=O) groups excluding carboxylic acids is 2. The van der Waals surface area contributed by atoms with Gasteiger partial charge in [0.25, 0.3) is 5.91 Å². The molecular formula is C22H20FN3O3. The van der Waals surface area contributed by atoms with Gasteiger partial charge in [-0.2, -0.15) is 0 Å². The summed E-state index contributed by atoms with van der Waals surface area (Å²) in [5, 5.41) is 5.90. The number of esters is 1. The van der Waals surface area contributed by atoms with Crippen LogP contribution in [0.3, 0.4) is 0 Å². The third-order valence-corrected chi connectivity index (χ3v) is 4.22. The molecule has 3 rings (SSSR count). The largest absolute Gasteiger partial charge is 0.465 e. The number of amides is 1. The van der Waals surface area contributed by atoms with E-state index < -0.39 is 5.97 Å². The van der Waals surface area contributed by atoms with Crippen LogP contribution in [-0.4, -0.2) is 30.5 Å². The van der Waals surface area contributed by atoms with E-state index in [9.17, 15) is 14.0 Å². The van der Waals surface area contributed by atoms with Crippen LogP contribution >= 0.6 is 0 Å². The lowest BCUT2D eigenvalue weighted by molar-refractivity contribution is 0.0600. The van der Waals surface area contributed by atoms with Gasteiger partial charge >= 0.3 is 5.97 Å². The Labute approximate surface area is 167 Å². The molecule has 148 valence electrons. The monoisotopic (exact) mass is 393 g/mol. The zero-order valence-electron chi connectivity index (χ0n) is 15.8. The molecule has 2 N–H and O–H groups in total. The Hall–Kier alpha value is -3.74. The molecule has 7 heteroatoms. The number of ether oxygens (including phenoxy) is 1. The lowest BCUT2D eigenvalue weighted by Crippen LogP contribution is -2.26. The minimum atomic E-state index is -0.408. The van der Waals surface area contributed by atoms with E-state index in [1.807, 2.05) is 0 Å². The molecule has 0 fully saturated rings. The number of carbonyl (C=O) groups is 2. The number of anilines is 2. The second-order valence-corrected chi connectivity index (χ2v) is 6.22. The van der Waals surface area contributed by atoms with Crippen LogP contribution in [0.2, 0.25) is 0 Å². The van der Waals surface area contributed by atoms with Gasteiger partial charge in [0, 0.05) is 24.1 Å². The fourth-order valence-electron chi connectivity index (χ4n) is 2.71. The minimum Gasteiger partial charge on any atom is -0.465 e. The molecule has 0 bridgehead atoms. The van der Waals surface area contributed by atoms with Crippen molar-refractivity contribution < 1.29 is 18.7 Å². The molecule has 1 aromatic heterocycles. The van der Waals surface area contributed by atoms with Crippen molar-refractivity contribution in [2.75, 3.05) is 19.0 Å². The fraction of sp³-hybridized carbons (Fsp3) is 0.136. The molecule has 0 unspecified atom stereocenters. The van der Waals surface area contributed by atoms with Gasteiger partial charge in [0.15, 0.2) is 0 Å². The van der Waals surface area contributed by atoms with E-state index in [0.717, 1.165) is 5.69 Å². The van der Waals surface area contributed by atoms with Crippen molar-refractivity contribution in [1.82, 2.24) is 10.3 Å². The second-order valence-electron chi connectivity index (χ2n) is 6.22. The molecule has 0 atom stereocenters. The average Bonchev–Trinajstić information content (AvgIpc) is 2.75. The summed E-state index contributed by atoms with van der Waals surface area (Å²) in [6.07, 6.45) is 1.92. The average molecular weight is 393 g/mol. The minimum absolute atomic E-state index is 0.245. The van der Waals surface area contributed by atoms with Gasteiger partial charge in [0.05, 0.1) is 12.7 Å². The van der Waals surface area contributed by atoms with Crippen molar-refractivity contribution in [2.24, 2.45) is 0 Å². The fourth-order valence-corrected chi connectivity index (χ4v) is 2.71. The SMILES string of the molecule is COC(=O)c1ccc(Nc2ccnc(C(=O)NCCc3ccccc3F)c2)cc1. The van der Waals surface area contributed by atoms with Crippen molar-refractivity contribution in [1.29, 1.82) is 0 Å². The van der Waals surface area contributed by atoms with Gasteiger partial charge in [0.1, 0.15) is 11.5 Å². The Kier molecular flexibility index (Phi) is 6.52. The predicted octanol–water partition coefficient (Wildman–Crippen LogP) is 3.72. The first-order valence-corrected chi connectivity index (χ1v) is 9.00. The van der Waals surface area contributed by atoms with Gasteiger partial charge in [-0.25, -0.2) is 9.18 Å². The van der Waals surface area contributed by atoms with Gasteiger partial charge in [-0.15, -0.1) is 0 Å². The molecule has 0 aliphatic heterocycles. The van der Waals surface area contributed by atoms with E-state index in [1.165, 1.54) is 19.4 Å². The molecule has 0 saturated carbocycles. The molecule has 0 aliphatic carbocycles. The Morgan fingerprint density at radius 3 is 2.52 bits per heavy atom. The third-order valence-electron chi connectivity index (χ3n) is 4.22. The summed E-state index contributed by atoms with van der Waals surface area (Å²) in [7, 11) is 1.33. The summed E-state index contributed by atoms with van der Waals surface area (Å²) in [5.74, 6) is -1.04. The van der Waals surface area contributed by atoms with Crippen LogP contribution in [0, 0.1) is 5.82 Å². The Morgan fingerprint density at radius 2 is 1.79 bits per heavy atom.